The Labute approximate surface area is 196 Å². The molecule has 0 radical (unpaired) electrons. The number of hydrogen-bond acceptors (Lipinski definition) is 5. The van der Waals surface area contributed by atoms with Crippen LogP contribution in [0.4, 0.5) is 4.79 Å². The van der Waals surface area contributed by atoms with Crippen LogP contribution in [-0.2, 0) is 19.0 Å². The fraction of sp³-hybridized carbons (Fsp3) is 0.538. The molecule has 1 unspecified atom stereocenters. The van der Waals surface area contributed by atoms with Crippen molar-refractivity contribution in [2.45, 2.75) is 45.8 Å². The third kappa shape index (κ3) is 6.45. The molecule has 4 atom stereocenters. The van der Waals surface area contributed by atoms with Crippen molar-refractivity contribution in [2.75, 3.05) is 27.0 Å². The molecule has 1 saturated heterocycles. The number of carbonyl (C=O) groups is 2. The van der Waals surface area contributed by atoms with E-state index in [9.17, 15) is 14.7 Å². The minimum absolute atomic E-state index is 0.0138. The maximum atomic E-state index is 12.8. The van der Waals surface area contributed by atoms with Crippen LogP contribution in [0, 0.1) is 17.8 Å². The van der Waals surface area contributed by atoms with Crippen LogP contribution in [0.15, 0.2) is 48.1 Å². The minimum Gasteiger partial charge on any atom is -0.481 e. The van der Waals surface area contributed by atoms with Gasteiger partial charge in [-0.15, -0.1) is 0 Å². The molecule has 0 saturated carbocycles. The van der Waals surface area contributed by atoms with E-state index in [2.05, 4.69) is 31.2 Å². The van der Waals surface area contributed by atoms with Gasteiger partial charge in [0.1, 0.15) is 12.4 Å². The number of aliphatic carboxylic acids is 1. The van der Waals surface area contributed by atoms with E-state index >= 15 is 0 Å². The summed E-state index contributed by atoms with van der Waals surface area (Å²) in [6, 6.07) is 10.1. The molecule has 3 rings (SSSR count). The Bertz CT molecular complexity index is 901. The quantitative estimate of drug-likeness (QED) is 0.629. The number of likely N-dealkylation sites (tertiary alicyclic amines) is 1. The molecule has 1 aliphatic heterocycles. The third-order valence-electron chi connectivity index (χ3n) is 5.92. The van der Waals surface area contributed by atoms with Crippen LogP contribution in [0.3, 0.4) is 0 Å². The highest BCUT2D eigenvalue weighted by atomic mass is 16.7. The number of rotatable bonds is 6. The van der Waals surface area contributed by atoms with Gasteiger partial charge in [-0.1, -0.05) is 55.0 Å². The second-order valence-electron chi connectivity index (χ2n) is 9.86. The molecule has 2 aliphatic rings. The maximum Gasteiger partial charge on any atom is 0.410 e. The van der Waals surface area contributed by atoms with Gasteiger partial charge in [-0.05, 0) is 44.2 Å². The summed E-state index contributed by atoms with van der Waals surface area (Å²) in [5.74, 6) is -1.90. The SMILES string of the molecule is COCO[C@@H]1CN(C(=O)OC(C)(C)C)C[C@H](C(=O)O)[C@H]1C1=CC(c2ccccc2)=CC(C)C1. The van der Waals surface area contributed by atoms with Gasteiger partial charge in [0.05, 0.1) is 18.6 Å². The Kier molecular flexibility index (Phi) is 7.97. The Balaban J connectivity index is 1.95. The number of carbonyl (C=O) groups excluding carboxylic acids is 1. The number of carboxylic acids is 1. The predicted molar refractivity (Wildman–Crippen MR) is 125 cm³/mol. The van der Waals surface area contributed by atoms with Crippen molar-refractivity contribution in [1.82, 2.24) is 4.90 Å². The summed E-state index contributed by atoms with van der Waals surface area (Å²) in [4.78, 5) is 26.6. The zero-order valence-electron chi connectivity index (χ0n) is 20.1. The molecule has 1 aromatic carbocycles. The number of hydrogen-bond donors (Lipinski definition) is 1. The average Bonchev–Trinajstić information content (AvgIpc) is 2.76. The van der Waals surface area contributed by atoms with E-state index in [-0.39, 0.29) is 31.7 Å². The van der Waals surface area contributed by atoms with Crippen molar-refractivity contribution < 1.29 is 28.9 Å². The molecule has 1 heterocycles. The molecule has 1 aromatic rings. The normalized spacial score (nSPS) is 25.8. The van der Waals surface area contributed by atoms with Crippen LogP contribution in [0.5, 0.6) is 0 Å². The van der Waals surface area contributed by atoms with Crippen LogP contribution >= 0.6 is 0 Å². The Morgan fingerprint density at radius 1 is 1.15 bits per heavy atom. The smallest absolute Gasteiger partial charge is 0.410 e. The van der Waals surface area contributed by atoms with Crippen LogP contribution in [0.25, 0.3) is 5.57 Å². The molecule has 7 nitrogen and oxygen atoms in total. The number of piperidine rings is 1. The molecule has 0 spiro atoms. The van der Waals surface area contributed by atoms with Crippen molar-refractivity contribution in [2.24, 2.45) is 17.8 Å². The Hall–Kier alpha value is -2.64. The van der Waals surface area contributed by atoms with E-state index in [1.807, 2.05) is 18.2 Å². The van der Waals surface area contributed by atoms with Crippen LogP contribution in [-0.4, -0.2) is 60.8 Å². The molecule has 1 N–H and O–H groups in total. The Morgan fingerprint density at radius 2 is 1.85 bits per heavy atom. The molecule has 0 bridgehead atoms. The summed E-state index contributed by atoms with van der Waals surface area (Å²) in [7, 11) is 1.52. The predicted octanol–water partition coefficient (Wildman–Crippen LogP) is 4.59. The van der Waals surface area contributed by atoms with Gasteiger partial charge in [-0.2, -0.15) is 0 Å². The number of nitrogens with zero attached hydrogens (tertiary/aromatic N) is 1. The third-order valence-corrected chi connectivity index (χ3v) is 5.92. The van der Waals surface area contributed by atoms with Gasteiger partial charge in [-0.3, -0.25) is 4.79 Å². The van der Waals surface area contributed by atoms with E-state index in [1.165, 1.54) is 12.0 Å². The van der Waals surface area contributed by atoms with E-state index in [1.54, 1.807) is 20.8 Å². The summed E-state index contributed by atoms with van der Waals surface area (Å²) >= 11 is 0. The minimum atomic E-state index is -0.955. The monoisotopic (exact) mass is 457 g/mol. The lowest BCUT2D eigenvalue weighted by atomic mass is 9.73. The van der Waals surface area contributed by atoms with Crippen molar-refractivity contribution >= 4 is 17.6 Å². The van der Waals surface area contributed by atoms with Crippen molar-refractivity contribution in [3.63, 3.8) is 0 Å². The van der Waals surface area contributed by atoms with Gasteiger partial charge >= 0.3 is 12.1 Å². The lowest BCUT2D eigenvalue weighted by molar-refractivity contribution is -0.156. The van der Waals surface area contributed by atoms with Crippen LogP contribution in [0.2, 0.25) is 0 Å². The fourth-order valence-corrected chi connectivity index (χ4v) is 4.62. The molecular formula is C26H35NO6. The van der Waals surface area contributed by atoms with Crippen LogP contribution in [0.1, 0.15) is 39.7 Å². The summed E-state index contributed by atoms with van der Waals surface area (Å²) in [5.41, 5.74) is 2.52. The largest absolute Gasteiger partial charge is 0.481 e. The van der Waals surface area contributed by atoms with Gasteiger partial charge in [0.15, 0.2) is 0 Å². The number of carboxylic acid groups (broad SMARTS) is 1. The first-order valence-electron chi connectivity index (χ1n) is 11.4. The molecule has 180 valence electrons. The lowest BCUT2D eigenvalue weighted by Crippen LogP contribution is -2.56. The van der Waals surface area contributed by atoms with E-state index < -0.39 is 29.7 Å². The summed E-state index contributed by atoms with van der Waals surface area (Å²) < 4.78 is 16.6. The van der Waals surface area contributed by atoms with Gasteiger partial charge in [-0.25, -0.2) is 4.79 Å². The lowest BCUT2D eigenvalue weighted by Gasteiger charge is -2.43. The highest BCUT2D eigenvalue weighted by Gasteiger charge is 2.46. The molecule has 1 fully saturated rings. The summed E-state index contributed by atoms with van der Waals surface area (Å²) in [5, 5.41) is 10.2. The number of amides is 1. The standard InChI is InChI=1S/C26H35NO6/c1-17-11-19(18-9-7-6-8-10-18)13-20(12-17)23-21(24(28)29)14-27(15-22(23)32-16-31-5)25(30)33-26(2,3)4/h6-11,13,17,21-23H,12,14-16H2,1-5H3,(H,28,29)/t17?,21-,22+,23+/m0/s1. The second kappa shape index (κ2) is 10.5. The number of ether oxygens (including phenoxy) is 3. The number of methoxy groups -OCH3 is 1. The van der Waals surface area contributed by atoms with E-state index in [4.69, 9.17) is 14.2 Å². The van der Waals surface area contributed by atoms with Gasteiger partial charge in [0, 0.05) is 19.6 Å². The fourth-order valence-electron chi connectivity index (χ4n) is 4.62. The van der Waals surface area contributed by atoms with Crippen molar-refractivity contribution in [1.29, 1.82) is 0 Å². The number of allylic oxidation sites excluding steroid dienone is 3. The highest BCUT2D eigenvalue weighted by Crippen LogP contribution is 2.40. The zero-order chi connectivity index (χ0) is 24.2. The summed E-state index contributed by atoms with van der Waals surface area (Å²) in [6.07, 6.45) is 4.00. The average molecular weight is 458 g/mol. The first-order chi connectivity index (χ1) is 15.6. The van der Waals surface area contributed by atoms with Crippen LogP contribution < -0.4 is 0 Å². The van der Waals surface area contributed by atoms with E-state index in [0.717, 1.165) is 23.1 Å². The highest BCUT2D eigenvalue weighted by molar-refractivity contribution is 5.78. The first kappa shape index (κ1) is 25.0. The molecular weight excluding hydrogens is 422 g/mol. The van der Waals surface area contributed by atoms with E-state index in [0.29, 0.717) is 0 Å². The molecule has 7 heteroatoms. The van der Waals surface area contributed by atoms with Gasteiger partial charge in [0.2, 0.25) is 0 Å². The molecule has 0 aromatic heterocycles. The molecule has 33 heavy (non-hydrogen) atoms. The zero-order valence-corrected chi connectivity index (χ0v) is 20.1. The topological polar surface area (TPSA) is 85.3 Å². The van der Waals surface area contributed by atoms with Crippen molar-refractivity contribution in [3.05, 3.63) is 53.6 Å². The number of benzene rings is 1. The summed E-state index contributed by atoms with van der Waals surface area (Å²) in [6.45, 7) is 7.82. The second-order valence-corrected chi connectivity index (χ2v) is 9.86. The Morgan fingerprint density at radius 3 is 2.45 bits per heavy atom. The maximum absolute atomic E-state index is 12.8. The first-order valence-corrected chi connectivity index (χ1v) is 11.4. The molecule has 1 amide bonds. The van der Waals surface area contributed by atoms with Gasteiger partial charge < -0.3 is 24.2 Å². The van der Waals surface area contributed by atoms with Crippen molar-refractivity contribution in [3.8, 4) is 0 Å². The molecule has 1 aliphatic carbocycles. The van der Waals surface area contributed by atoms with Gasteiger partial charge in [0.25, 0.3) is 0 Å².